The number of anilines is 1. The zero-order chi connectivity index (χ0) is 22.2. The van der Waals surface area contributed by atoms with Crippen molar-refractivity contribution in [2.45, 2.75) is 20.0 Å². The topological polar surface area (TPSA) is 84.5 Å². The lowest BCUT2D eigenvalue weighted by Crippen LogP contribution is -2.35. The highest BCUT2D eigenvalue weighted by molar-refractivity contribution is 5.99. The van der Waals surface area contributed by atoms with Gasteiger partial charge in [-0.15, -0.1) is 0 Å². The maximum absolute atomic E-state index is 12.6. The molecule has 0 spiro atoms. The van der Waals surface area contributed by atoms with E-state index in [4.69, 9.17) is 4.74 Å². The van der Waals surface area contributed by atoms with Gasteiger partial charge in [0.15, 0.2) is 6.10 Å². The van der Waals surface area contributed by atoms with E-state index in [1.165, 1.54) is 6.92 Å². The molecule has 31 heavy (non-hydrogen) atoms. The fraction of sp³-hybridized carbons (Fsp3) is 0.160. The van der Waals surface area contributed by atoms with E-state index in [9.17, 15) is 14.4 Å². The summed E-state index contributed by atoms with van der Waals surface area (Å²) in [4.78, 5) is 36.8. The second-order valence-corrected chi connectivity index (χ2v) is 7.09. The zero-order valence-corrected chi connectivity index (χ0v) is 17.4. The Morgan fingerprint density at radius 1 is 0.903 bits per heavy atom. The van der Waals surface area contributed by atoms with Crippen molar-refractivity contribution in [3.05, 3.63) is 90.0 Å². The van der Waals surface area contributed by atoms with Gasteiger partial charge in [-0.2, -0.15) is 0 Å². The van der Waals surface area contributed by atoms with Crippen LogP contribution in [0, 0.1) is 6.92 Å². The first-order valence-corrected chi connectivity index (χ1v) is 9.93. The number of nitrogens with one attached hydrogen (secondary N) is 2. The van der Waals surface area contributed by atoms with Gasteiger partial charge in [0, 0.05) is 16.8 Å². The van der Waals surface area contributed by atoms with Crippen molar-refractivity contribution in [1.29, 1.82) is 0 Å². The van der Waals surface area contributed by atoms with Crippen molar-refractivity contribution in [2.24, 2.45) is 0 Å². The van der Waals surface area contributed by atoms with E-state index in [2.05, 4.69) is 10.6 Å². The summed E-state index contributed by atoms with van der Waals surface area (Å²) in [5.74, 6) is -1.53. The molecule has 3 rings (SSSR count). The van der Waals surface area contributed by atoms with Crippen molar-refractivity contribution < 1.29 is 19.1 Å². The number of carbonyl (C=O) groups is 3. The molecule has 0 saturated carbocycles. The van der Waals surface area contributed by atoms with Gasteiger partial charge in [-0.3, -0.25) is 14.4 Å². The third-order valence-corrected chi connectivity index (χ3v) is 4.62. The van der Waals surface area contributed by atoms with E-state index < -0.39 is 18.0 Å². The first-order valence-electron chi connectivity index (χ1n) is 9.93. The standard InChI is InChI=1S/C25H24N2O4/c1-17-9-8-12-20(15-17)25(30)26-16-23(28)31-18(2)24(29)27-22-14-7-6-13-21(22)19-10-4-3-5-11-19/h3-15,18H,16H2,1-2H3,(H,26,30)(H,27,29). The molecule has 0 saturated heterocycles. The van der Waals surface area contributed by atoms with Crippen molar-refractivity contribution in [3.8, 4) is 11.1 Å². The van der Waals surface area contributed by atoms with E-state index in [0.717, 1.165) is 16.7 Å². The Morgan fingerprint density at radius 3 is 2.35 bits per heavy atom. The van der Waals surface area contributed by atoms with E-state index in [0.29, 0.717) is 11.3 Å². The van der Waals surface area contributed by atoms with E-state index in [1.807, 2.05) is 61.5 Å². The summed E-state index contributed by atoms with van der Waals surface area (Å²) in [6.45, 7) is 3.03. The van der Waals surface area contributed by atoms with Crippen molar-refractivity contribution in [2.75, 3.05) is 11.9 Å². The van der Waals surface area contributed by atoms with Crippen LogP contribution in [0.5, 0.6) is 0 Å². The van der Waals surface area contributed by atoms with Crippen LogP contribution < -0.4 is 10.6 Å². The van der Waals surface area contributed by atoms with Gasteiger partial charge >= 0.3 is 5.97 Å². The largest absolute Gasteiger partial charge is 0.451 e. The van der Waals surface area contributed by atoms with Gasteiger partial charge in [0.2, 0.25) is 0 Å². The number of amides is 2. The smallest absolute Gasteiger partial charge is 0.326 e. The molecule has 0 aliphatic heterocycles. The Balaban J connectivity index is 1.55. The molecular weight excluding hydrogens is 392 g/mol. The Hall–Kier alpha value is -3.93. The number of aryl methyl sites for hydroxylation is 1. The lowest BCUT2D eigenvalue weighted by atomic mass is 10.0. The first-order chi connectivity index (χ1) is 14.9. The molecule has 3 aromatic rings. The summed E-state index contributed by atoms with van der Waals surface area (Å²) in [5, 5.41) is 5.31. The first kappa shape index (κ1) is 21.8. The number of rotatable bonds is 7. The summed E-state index contributed by atoms with van der Waals surface area (Å²) in [6, 6.07) is 24.1. The molecule has 1 atom stereocenters. The van der Waals surface area contributed by atoms with Crippen LogP contribution in [0.25, 0.3) is 11.1 Å². The molecule has 0 bridgehead atoms. The minimum Gasteiger partial charge on any atom is -0.451 e. The van der Waals surface area contributed by atoms with Crippen molar-refractivity contribution >= 4 is 23.5 Å². The van der Waals surface area contributed by atoms with Crippen molar-refractivity contribution in [1.82, 2.24) is 5.32 Å². The summed E-state index contributed by atoms with van der Waals surface area (Å²) in [6.07, 6.45) is -1.02. The quantitative estimate of drug-likeness (QED) is 0.571. The number of carbonyl (C=O) groups excluding carboxylic acids is 3. The monoisotopic (exact) mass is 416 g/mol. The van der Waals surface area contributed by atoms with Gasteiger partial charge < -0.3 is 15.4 Å². The molecule has 6 nitrogen and oxygen atoms in total. The Labute approximate surface area is 181 Å². The van der Waals surface area contributed by atoms with Crippen LogP contribution in [-0.2, 0) is 14.3 Å². The predicted molar refractivity (Wildman–Crippen MR) is 120 cm³/mol. The number of ether oxygens (including phenoxy) is 1. The number of hydrogen-bond donors (Lipinski definition) is 2. The molecule has 0 aliphatic carbocycles. The molecule has 2 N–H and O–H groups in total. The number of benzene rings is 3. The molecule has 0 heterocycles. The summed E-state index contributed by atoms with van der Waals surface area (Å²) in [5.41, 5.74) is 3.84. The highest BCUT2D eigenvalue weighted by Crippen LogP contribution is 2.27. The lowest BCUT2D eigenvalue weighted by Gasteiger charge is -2.16. The number of hydrogen-bond acceptors (Lipinski definition) is 4. The molecule has 3 aromatic carbocycles. The summed E-state index contributed by atoms with van der Waals surface area (Å²) < 4.78 is 5.17. The number of esters is 1. The van der Waals surface area contributed by atoms with Crippen LogP contribution >= 0.6 is 0 Å². The molecule has 0 aromatic heterocycles. The maximum Gasteiger partial charge on any atom is 0.326 e. The second-order valence-electron chi connectivity index (χ2n) is 7.09. The molecule has 2 amide bonds. The Bertz CT molecular complexity index is 1080. The van der Waals surface area contributed by atoms with Gasteiger partial charge in [-0.1, -0.05) is 66.2 Å². The Kier molecular flexibility index (Phi) is 7.17. The van der Waals surface area contributed by atoms with Crippen LogP contribution in [0.4, 0.5) is 5.69 Å². The fourth-order valence-electron chi connectivity index (χ4n) is 3.03. The van der Waals surface area contributed by atoms with E-state index in [1.54, 1.807) is 24.3 Å². The molecule has 158 valence electrons. The average molecular weight is 416 g/mol. The molecular formula is C25H24N2O4. The summed E-state index contributed by atoms with van der Waals surface area (Å²) >= 11 is 0. The van der Waals surface area contributed by atoms with E-state index in [-0.39, 0.29) is 12.5 Å². The van der Waals surface area contributed by atoms with Crippen molar-refractivity contribution in [3.63, 3.8) is 0 Å². The van der Waals surface area contributed by atoms with Gasteiger partial charge in [0.1, 0.15) is 6.54 Å². The van der Waals surface area contributed by atoms with Gasteiger partial charge in [0.05, 0.1) is 0 Å². The lowest BCUT2D eigenvalue weighted by molar-refractivity contribution is -0.152. The molecule has 1 unspecified atom stereocenters. The average Bonchev–Trinajstić information content (AvgIpc) is 2.78. The third kappa shape index (κ3) is 6.02. The van der Waals surface area contributed by atoms with Crippen LogP contribution in [0.3, 0.4) is 0 Å². The highest BCUT2D eigenvalue weighted by atomic mass is 16.5. The number of para-hydroxylation sites is 1. The Morgan fingerprint density at radius 2 is 1.61 bits per heavy atom. The van der Waals surface area contributed by atoms with Crippen LogP contribution in [0.15, 0.2) is 78.9 Å². The molecule has 0 aliphatic rings. The minimum atomic E-state index is -1.02. The van der Waals surface area contributed by atoms with Gasteiger partial charge in [-0.05, 0) is 37.6 Å². The normalized spacial score (nSPS) is 11.3. The molecule has 0 radical (unpaired) electrons. The molecule has 0 fully saturated rings. The third-order valence-electron chi connectivity index (χ3n) is 4.62. The second kappa shape index (κ2) is 10.2. The minimum absolute atomic E-state index is 0.328. The maximum atomic E-state index is 12.6. The van der Waals surface area contributed by atoms with Gasteiger partial charge in [0.25, 0.3) is 11.8 Å². The highest BCUT2D eigenvalue weighted by Gasteiger charge is 2.19. The fourth-order valence-corrected chi connectivity index (χ4v) is 3.03. The van der Waals surface area contributed by atoms with Crippen LogP contribution in [0.1, 0.15) is 22.8 Å². The van der Waals surface area contributed by atoms with Crippen LogP contribution in [0.2, 0.25) is 0 Å². The van der Waals surface area contributed by atoms with E-state index >= 15 is 0 Å². The van der Waals surface area contributed by atoms with Crippen LogP contribution in [-0.4, -0.2) is 30.4 Å². The van der Waals surface area contributed by atoms with Gasteiger partial charge in [-0.25, -0.2) is 0 Å². The SMILES string of the molecule is Cc1cccc(C(=O)NCC(=O)OC(C)C(=O)Nc2ccccc2-c2ccccc2)c1. The predicted octanol–water partition coefficient (Wildman–Crippen LogP) is 3.96. The molecule has 6 heteroatoms. The zero-order valence-electron chi connectivity index (χ0n) is 17.4. The summed E-state index contributed by atoms with van der Waals surface area (Å²) in [7, 11) is 0.